The zero-order chi connectivity index (χ0) is 19.6. The van der Waals surface area contributed by atoms with E-state index in [9.17, 15) is 17.3 Å². The summed E-state index contributed by atoms with van der Waals surface area (Å²) in [7, 11) is -6.61. The Hall–Kier alpha value is -0.565. The molecule has 0 aliphatic rings. The zero-order valence-corrected chi connectivity index (χ0v) is 17.4. The summed E-state index contributed by atoms with van der Waals surface area (Å²) in [5.74, 6) is 0. The summed E-state index contributed by atoms with van der Waals surface area (Å²) in [4.78, 5) is 0. The second-order valence-corrected chi connectivity index (χ2v) is 13.5. The molecule has 0 atom stereocenters. The average Bonchev–Trinajstić information content (AvgIpc) is 2.21. The highest BCUT2D eigenvalue weighted by Gasteiger charge is 2.43. The average molecular weight is 366 g/mol. The Bertz CT molecular complexity index is 482. The second kappa shape index (κ2) is 7.76. The third kappa shape index (κ3) is 9.06. The van der Waals surface area contributed by atoms with Crippen LogP contribution >= 0.6 is 7.92 Å². The topological polar surface area (TPSA) is 0 Å². The van der Waals surface area contributed by atoms with E-state index in [1.807, 2.05) is 0 Å². The maximum Gasteiger partial charge on any atom is 0.673 e. The maximum absolute atomic E-state index is 9.75. The van der Waals surface area contributed by atoms with Crippen LogP contribution in [-0.4, -0.2) is 17.6 Å². The van der Waals surface area contributed by atoms with E-state index in [0.29, 0.717) is 10.3 Å². The molecule has 1 aromatic carbocycles. The van der Waals surface area contributed by atoms with Crippen LogP contribution in [-0.2, 0) is 5.41 Å². The molecule has 1 aromatic rings. The first-order valence-corrected chi connectivity index (χ1v) is 9.69. The largest absolute Gasteiger partial charge is 0.673 e. The smallest absolute Gasteiger partial charge is 0.418 e. The molecular weight excluding hydrogens is 334 g/mol. The van der Waals surface area contributed by atoms with Gasteiger partial charge >= 0.3 is 7.25 Å². The van der Waals surface area contributed by atoms with Crippen molar-refractivity contribution in [2.24, 2.45) is 0 Å². The van der Waals surface area contributed by atoms with Crippen LogP contribution in [0.5, 0.6) is 0 Å². The van der Waals surface area contributed by atoms with Gasteiger partial charge in [-0.05, 0) is 64.7 Å². The lowest BCUT2D eigenvalue weighted by Gasteiger charge is -2.34. The number of halogens is 4. The Kier molecular flexibility index (Phi) is 7.58. The van der Waals surface area contributed by atoms with Gasteiger partial charge in [0.2, 0.25) is 0 Å². The molecule has 0 radical (unpaired) electrons. The van der Waals surface area contributed by atoms with E-state index in [-0.39, 0.29) is 5.41 Å². The predicted octanol–water partition coefficient (Wildman–Crippen LogP) is 6.72. The minimum atomic E-state index is -6.00. The van der Waals surface area contributed by atoms with E-state index < -0.39 is 15.2 Å². The number of rotatable bonds is 1. The van der Waals surface area contributed by atoms with Gasteiger partial charge in [0.15, 0.2) is 0 Å². The summed E-state index contributed by atoms with van der Waals surface area (Å²) >= 11 is 0. The molecule has 1 rings (SSSR count). The highest BCUT2D eigenvalue weighted by molar-refractivity contribution is 7.68. The quantitative estimate of drug-likeness (QED) is 0.294. The highest BCUT2D eigenvalue weighted by atomic mass is 31.1. The monoisotopic (exact) mass is 366 g/mol. The third-order valence-corrected chi connectivity index (χ3v) is 7.45. The van der Waals surface area contributed by atoms with Crippen molar-refractivity contribution in [2.45, 2.75) is 78.0 Å². The lowest BCUT2D eigenvalue weighted by molar-refractivity contribution is 0.368. The van der Waals surface area contributed by atoms with Crippen molar-refractivity contribution < 1.29 is 17.3 Å². The third-order valence-electron chi connectivity index (χ3n) is 3.54. The molecule has 0 saturated heterocycles. The molecule has 0 unspecified atom stereocenters. The molecular formula is C18H32BF4P. The summed E-state index contributed by atoms with van der Waals surface area (Å²) < 4.78 is 39.0. The minimum Gasteiger partial charge on any atom is -0.418 e. The zero-order valence-electron chi connectivity index (χ0n) is 16.4. The first-order chi connectivity index (χ1) is 10.3. The first-order valence-electron chi connectivity index (χ1n) is 8.19. The fourth-order valence-electron chi connectivity index (χ4n) is 3.13. The molecule has 24 heavy (non-hydrogen) atoms. The lowest BCUT2D eigenvalue weighted by atomic mass is 9.87. The van der Waals surface area contributed by atoms with Crippen molar-refractivity contribution in [2.75, 3.05) is 0 Å². The Morgan fingerprint density at radius 2 is 0.958 bits per heavy atom. The fraction of sp³-hybridized carbons (Fsp3) is 0.667. The van der Waals surface area contributed by atoms with Crippen molar-refractivity contribution >= 4 is 20.5 Å². The van der Waals surface area contributed by atoms with Crippen LogP contribution in [0.15, 0.2) is 24.3 Å². The van der Waals surface area contributed by atoms with Crippen LogP contribution in [0.3, 0.4) is 0 Å². The van der Waals surface area contributed by atoms with Gasteiger partial charge in [-0.25, -0.2) is 0 Å². The van der Waals surface area contributed by atoms with Crippen LogP contribution in [0.1, 0.15) is 67.9 Å². The van der Waals surface area contributed by atoms with Crippen molar-refractivity contribution in [3.8, 4) is 0 Å². The van der Waals surface area contributed by atoms with E-state index in [0.717, 1.165) is 0 Å². The Morgan fingerprint density at radius 1 is 0.667 bits per heavy atom. The van der Waals surface area contributed by atoms with E-state index in [1.165, 1.54) is 5.56 Å². The maximum atomic E-state index is 9.75. The van der Waals surface area contributed by atoms with Gasteiger partial charge in [-0.3, -0.25) is 0 Å². The van der Waals surface area contributed by atoms with Gasteiger partial charge in [0, 0.05) is 7.92 Å². The summed E-state index contributed by atoms with van der Waals surface area (Å²) in [5, 5.41) is 2.33. The molecule has 0 bridgehead atoms. The number of hydrogen-bond acceptors (Lipinski definition) is 0. The van der Waals surface area contributed by atoms with Gasteiger partial charge in [0.1, 0.15) is 0 Å². The molecule has 0 aromatic heterocycles. The van der Waals surface area contributed by atoms with Crippen LogP contribution in [0.2, 0.25) is 0 Å². The molecule has 0 aliphatic carbocycles. The Balaban J connectivity index is 0.000000922. The van der Waals surface area contributed by atoms with Crippen LogP contribution < -0.4 is 5.30 Å². The van der Waals surface area contributed by atoms with E-state index in [1.54, 1.807) is 5.30 Å². The molecule has 6 heteroatoms. The molecule has 0 nitrogen and oxygen atoms in total. The van der Waals surface area contributed by atoms with Gasteiger partial charge < -0.3 is 17.3 Å². The van der Waals surface area contributed by atoms with Gasteiger partial charge in [0.25, 0.3) is 0 Å². The van der Waals surface area contributed by atoms with Crippen molar-refractivity contribution in [3.63, 3.8) is 0 Å². The predicted molar refractivity (Wildman–Crippen MR) is 103 cm³/mol. The molecule has 140 valence electrons. The van der Waals surface area contributed by atoms with Gasteiger partial charge in [-0.2, -0.15) is 0 Å². The van der Waals surface area contributed by atoms with Crippen LogP contribution in [0.4, 0.5) is 17.3 Å². The normalized spacial score (nSPS) is 13.6. The molecule has 0 amide bonds. The second-order valence-electron chi connectivity index (χ2n) is 9.20. The Labute approximate surface area is 146 Å². The summed E-state index contributed by atoms with van der Waals surface area (Å²) in [6.45, 7) is 21.2. The number of hydrogen-bond donors (Lipinski definition) is 0. The highest BCUT2D eigenvalue weighted by Crippen LogP contribution is 2.58. The van der Waals surface area contributed by atoms with E-state index in [4.69, 9.17) is 0 Å². The van der Waals surface area contributed by atoms with Crippen LogP contribution in [0, 0.1) is 0 Å². The van der Waals surface area contributed by atoms with E-state index in [2.05, 4.69) is 86.6 Å². The summed E-state index contributed by atoms with van der Waals surface area (Å²) in [6.07, 6.45) is 0. The lowest BCUT2D eigenvalue weighted by Crippen LogP contribution is -2.31. The van der Waals surface area contributed by atoms with E-state index >= 15 is 0 Å². The van der Waals surface area contributed by atoms with Gasteiger partial charge in [-0.1, -0.05) is 32.9 Å². The standard InChI is InChI=1S/C18H31P.BF4/c1-16(2,3)14-10-12-15(13-11-14)19(17(4,5)6)18(7,8)9;2-1(3,4)5/h10-13H,1-9H3;/q;-1/p+1. The number of benzene rings is 1. The molecule has 0 heterocycles. The molecule has 0 spiro atoms. The van der Waals surface area contributed by atoms with Crippen LogP contribution in [0.25, 0.3) is 0 Å². The Morgan fingerprint density at radius 3 is 1.17 bits per heavy atom. The molecule has 0 N–H and O–H groups in total. The van der Waals surface area contributed by atoms with Gasteiger partial charge in [-0.15, -0.1) is 0 Å². The fourth-order valence-corrected chi connectivity index (χ4v) is 7.61. The van der Waals surface area contributed by atoms with Crippen molar-refractivity contribution in [1.29, 1.82) is 0 Å². The molecule has 0 fully saturated rings. The van der Waals surface area contributed by atoms with Gasteiger partial charge in [0.05, 0.1) is 15.6 Å². The summed E-state index contributed by atoms with van der Waals surface area (Å²) in [6, 6.07) is 9.42. The summed E-state index contributed by atoms with van der Waals surface area (Å²) in [5.41, 5.74) is 1.68. The molecule has 0 aliphatic heterocycles. The molecule has 0 saturated carbocycles. The first kappa shape index (κ1) is 23.4. The van der Waals surface area contributed by atoms with Crippen molar-refractivity contribution in [1.82, 2.24) is 0 Å². The SMILES string of the molecule is CC(C)(C)c1ccc([PH+](C(C)(C)C)C(C)(C)C)cc1.F[B-](F)(F)F. The minimum absolute atomic E-state index is 0.245. The van der Waals surface area contributed by atoms with Crippen molar-refractivity contribution in [3.05, 3.63) is 29.8 Å².